The predicted octanol–water partition coefficient (Wildman–Crippen LogP) is 2.14. The molecule has 0 radical (unpaired) electrons. The van der Waals surface area contributed by atoms with Gasteiger partial charge >= 0.3 is 0 Å². The molecule has 0 aromatic rings. The lowest BCUT2D eigenvalue weighted by Gasteiger charge is -2.68. The van der Waals surface area contributed by atoms with Crippen LogP contribution in [0.5, 0.6) is 0 Å². The quantitative estimate of drug-likeness (QED) is 0.272. The van der Waals surface area contributed by atoms with Crippen LogP contribution < -0.4 is 0 Å². The summed E-state index contributed by atoms with van der Waals surface area (Å²) < 4.78 is 0. The van der Waals surface area contributed by atoms with Crippen molar-refractivity contribution in [1.82, 2.24) is 0 Å². The first-order valence-electron chi connectivity index (χ1n) is 14.1. The molecule has 4 aliphatic rings. The van der Waals surface area contributed by atoms with E-state index in [-0.39, 0.29) is 48.5 Å². The molecule has 36 heavy (non-hydrogen) atoms. The van der Waals surface area contributed by atoms with E-state index in [1.54, 1.807) is 6.92 Å². The smallest absolute Gasteiger partial charge is 0.0987 e. The Morgan fingerprint density at radius 2 is 1.69 bits per heavy atom. The predicted molar refractivity (Wildman–Crippen MR) is 137 cm³/mol. The molecule has 0 bridgehead atoms. The zero-order valence-electron chi connectivity index (χ0n) is 22.8. The number of fused-ring (bicyclic) bond motifs is 5. The zero-order valence-corrected chi connectivity index (χ0v) is 22.8. The second kappa shape index (κ2) is 9.29. The molecule has 13 atom stereocenters. The molecular formula is C29H50O7. The van der Waals surface area contributed by atoms with Crippen LogP contribution in [0.3, 0.4) is 0 Å². The molecule has 0 aliphatic heterocycles. The maximum absolute atomic E-state index is 12.4. The molecule has 0 spiro atoms. The van der Waals surface area contributed by atoms with Crippen LogP contribution in [0.25, 0.3) is 0 Å². The van der Waals surface area contributed by atoms with Crippen molar-refractivity contribution in [3.05, 3.63) is 12.2 Å². The Hall–Kier alpha value is -0.540. The summed E-state index contributed by atoms with van der Waals surface area (Å²) in [4.78, 5) is 0. The molecule has 7 N–H and O–H groups in total. The third kappa shape index (κ3) is 3.95. The van der Waals surface area contributed by atoms with Crippen molar-refractivity contribution in [3.63, 3.8) is 0 Å². The molecule has 0 unspecified atom stereocenters. The van der Waals surface area contributed by atoms with Crippen molar-refractivity contribution in [2.45, 2.75) is 121 Å². The van der Waals surface area contributed by atoms with Gasteiger partial charge in [0, 0.05) is 30.1 Å². The van der Waals surface area contributed by atoms with Crippen LogP contribution in [0.4, 0.5) is 0 Å². The molecule has 0 amide bonds. The van der Waals surface area contributed by atoms with Crippen molar-refractivity contribution in [1.29, 1.82) is 0 Å². The van der Waals surface area contributed by atoms with E-state index in [9.17, 15) is 35.7 Å². The summed E-state index contributed by atoms with van der Waals surface area (Å²) in [5.74, 6) is -0.687. The monoisotopic (exact) mass is 510 g/mol. The SMILES string of the molecule is CC[C@H](/C=C/[C@@H](C)[C@H]1C[C@H](O)[C@@H]2[C@]1(C)CC[C@H]1[C@@]2(O)C[C@@H](O)[C@@]2(O)C[C@@H](O)CC[C@]12C)[C@@](C)(O)CO. The first kappa shape index (κ1) is 28.5. The van der Waals surface area contributed by atoms with E-state index in [1.807, 2.05) is 19.9 Å². The van der Waals surface area contributed by atoms with E-state index in [1.165, 1.54) is 0 Å². The molecule has 0 aromatic heterocycles. The molecule has 7 nitrogen and oxygen atoms in total. The number of hydrogen-bond acceptors (Lipinski definition) is 7. The van der Waals surface area contributed by atoms with Crippen LogP contribution >= 0.6 is 0 Å². The van der Waals surface area contributed by atoms with Crippen molar-refractivity contribution in [3.8, 4) is 0 Å². The van der Waals surface area contributed by atoms with Gasteiger partial charge in [-0.1, -0.05) is 39.8 Å². The Kier molecular flexibility index (Phi) is 7.34. The topological polar surface area (TPSA) is 142 Å². The fourth-order valence-electron chi connectivity index (χ4n) is 9.65. The molecule has 208 valence electrons. The summed E-state index contributed by atoms with van der Waals surface area (Å²) in [6, 6.07) is 0. The van der Waals surface area contributed by atoms with Gasteiger partial charge in [0.15, 0.2) is 0 Å². The fraction of sp³-hybridized carbons (Fsp3) is 0.931. The average molecular weight is 511 g/mol. The van der Waals surface area contributed by atoms with Crippen LogP contribution in [0, 0.1) is 40.4 Å². The minimum atomic E-state index is -1.45. The first-order valence-corrected chi connectivity index (χ1v) is 14.1. The van der Waals surface area contributed by atoms with E-state index in [2.05, 4.69) is 19.9 Å². The van der Waals surface area contributed by atoms with Crippen LogP contribution in [-0.2, 0) is 0 Å². The lowest BCUT2D eigenvalue weighted by Crippen LogP contribution is -2.75. The van der Waals surface area contributed by atoms with Gasteiger partial charge in [-0.15, -0.1) is 0 Å². The summed E-state index contributed by atoms with van der Waals surface area (Å²) in [5, 5.41) is 77.1. The van der Waals surface area contributed by atoms with Crippen LogP contribution in [-0.4, -0.2) is 77.5 Å². The van der Waals surface area contributed by atoms with Gasteiger partial charge in [-0.05, 0) is 68.6 Å². The maximum atomic E-state index is 12.4. The molecule has 4 aliphatic carbocycles. The largest absolute Gasteiger partial charge is 0.393 e. The van der Waals surface area contributed by atoms with Gasteiger partial charge in [-0.2, -0.15) is 0 Å². The minimum Gasteiger partial charge on any atom is -0.393 e. The number of aliphatic hydroxyl groups excluding tert-OH is 4. The Bertz CT molecular complexity index is 845. The summed E-state index contributed by atoms with van der Waals surface area (Å²) in [5.41, 5.74) is -5.05. The minimum absolute atomic E-state index is 0.00199. The Morgan fingerprint density at radius 3 is 2.31 bits per heavy atom. The molecular weight excluding hydrogens is 460 g/mol. The van der Waals surface area contributed by atoms with Gasteiger partial charge in [0.1, 0.15) is 0 Å². The van der Waals surface area contributed by atoms with Gasteiger partial charge in [-0.3, -0.25) is 0 Å². The summed E-state index contributed by atoms with van der Waals surface area (Å²) in [6.07, 6.45) is 5.45. The molecule has 4 saturated carbocycles. The molecule has 0 aromatic carbocycles. The standard InChI is InChI=1S/C29H50O7/c1-6-18(27(5,34)16-30)8-7-17(2)20-13-21(32)24-25(20,3)11-10-22-26(4)12-9-19(31)14-29(26,36)23(33)15-28(22,24)35/h7-8,17-24,30-36H,6,9-16H2,1-5H3/b8-7+/t17-,18-,19+,20-,21+,22-,23-,24-,25-,26-,27+,28+,29+/m1/s1. The third-order valence-electron chi connectivity index (χ3n) is 11.8. The van der Waals surface area contributed by atoms with E-state index in [0.717, 1.165) is 6.42 Å². The lowest BCUT2D eigenvalue weighted by atomic mass is 9.40. The van der Waals surface area contributed by atoms with Crippen molar-refractivity contribution < 1.29 is 35.7 Å². The molecule has 4 fully saturated rings. The number of allylic oxidation sites excluding steroid dienone is 1. The highest BCUT2D eigenvalue weighted by Gasteiger charge is 2.74. The molecule has 0 heterocycles. The van der Waals surface area contributed by atoms with Crippen molar-refractivity contribution in [2.24, 2.45) is 40.4 Å². The second-order valence-electron chi connectivity index (χ2n) is 13.7. The molecule has 7 heteroatoms. The normalized spacial score (nSPS) is 52.2. The number of rotatable bonds is 6. The summed E-state index contributed by atoms with van der Waals surface area (Å²) >= 11 is 0. The van der Waals surface area contributed by atoms with Crippen LogP contribution in [0.1, 0.15) is 86.0 Å². The first-order chi connectivity index (χ1) is 16.6. The maximum Gasteiger partial charge on any atom is 0.0987 e. The van der Waals surface area contributed by atoms with Gasteiger partial charge < -0.3 is 35.7 Å². The summed E-state index contributed by atoms with van der Waals surface area (Å²) in [7, 11) is 0. The van der Waals surface area contributed by atoms with Gasteiger partial charge in [-0.25, -0.2) is 0 Å². The fourth-order valence-corrected chi connectivity index (χ4v) is 9.65. The molecule has 4 rings (SSSR count). The highest BCUT2D eigenvalue weighted by molar-refractivity contribution is 5.24. The van der Waals surface area contributed by atoms with E-state index in [4.69, 9.17) is 0 Å². The lowest BCUT2D eigenvalue weighted by molar-refractivity contribution is -0.315. The summed E-state index contributed by atoms with van der Waals surface area (Å²) in [6.45, 7) is 9.56. The number of hydrogen-bond donors (Lipinski definition) is 7. The highest BCUT2D eigenvalue weighted by atomic mass is 16.4. The van der Waals surface area contributed by atoms with Gasteiger partial charge in [0.2, 0.25) is 0 Å². The Morgan fingerprint density at radius 1 is 1.03 bits per heavy atom. The Balaban J connectivity index is 1.64. The van der Waals surface area contributed by atoms with Crippen molar-refractivity contribution >= 4 is 0 Å². The Labute approximate surface area is 216 Å². The molecule has 0 saturated heterocycles. The second-order valence-corrected chi connectivity index (χ2v) is 13.7. The third-order valence-corrected chi connectivity index (χ3v) is 11.8. The van der Waals surface area contributed by atoms with E-state index >= 15 is 0 Å². The number of aliphatic hydroxyl groups is 7. The van der Waals surface area contributed by atoms with Crippen molar-refractivity contribution in [2.75, 3.05) is 6.61 Å². The van der Waals surface area contributed by atoms with Crippen LogP contribution in [0.15, 0.2) is 12.2 Å². The van der Waals surface area contributed by atoms with Gasteiger partial charge in [0.25, 0.3) is 0 Å². The zero-order chi connectivity index (χ0) is 26.9. The van der Waals surface area contributed by atoms with Crippen LogP contribution in [0.2, 0.25) is 0 Å². The van der Waals surface area contributed by atoms with E-state index < -0.39 is 46.4 Å². The van der Waals surface area contributed by atoms with Gasteiger partial charge in [0.05, 0.1) is 41.7 Å². The van der Waals surface area contributed by atoms with E-state index in [0.29, 0.717) is 32.1 Å². The average Bonchev–Trinajstić information content (AvgIpc) is 3.07. The highest BCUT2D eigenvalue weighted by Crippen LogP contribution is 2.70.